The molecule has 0 saturated carbocycles. The predicted octanol–water partition coefficient (Wildman–Crippen LogP) is 3.43. The van der Waals surface area contributed by atoms with Gasteiger partial charge >= 0.3 is 0 Å². The zero-order chi connectivity index (χ0) is 26.2. The second kappa shape index (κ2) is 8.36. The fraction of sp³-hybridized carbons (Fsp3) is 0.429. The van der Waals surface area contributed by atoms with Gasteiger partial charge in [0.05, 0.1) is 11.4 Å². The minimum atomic E-state index is -0.220. The van der Waals surface area contributed by atoms with E-state index in [1.54, 1.807) is 23.9 Å². The SMILES string of the molecule is Cc1nc2c(N3CCCc4c3ccn(C)c4=O)n[nH]c2nc1N1CCC2(CC1)Cc1ccc(F)cc1[C@H]2N. The highest BCUT2D eigenvalue weighted by atomic mass is 19.1. The Hall–Kier alpha value is -3.79. The minimum absolute atomic E-state index is 0.0367. The largest absolute Gasteiger partial charge is 0.355 e. The van der Waals surface area contributed by atoms with E-state index in [0.717, 1.165) is 80.1 Å². The third-order valence-corrected chi connectivity index (χ3v) is 8.93. The summed E-state index contributed by atoms with van der Waals surface area (Å²) in [4.78, 5) is 27.0. The first-order valence-corrected chi connectivity index (χ1v) is 13.3. The molecule has 3 aromatic heterocycles. The fourth-order valence-corrected chi connectivity index (χ4v) is 6.79. The van der Waals surface area contributed by atoms with Crippen LogP contribution < -0.4 is 21.1 Å². The molecule has 0 amide bonds. The molecule has 3 aliphatic rings. The molecule has 38 heavy (non-hydrogen) atoms. The number of H-pyrrole nitrogens is 1. The number of nitrogens with two attached hydrogens (primary N) is 1. The molecule has 7 rings (SSSR count). The predicted molar refractivity (Wildman–Crippen MR) is 144 cm³/mol. The lowest BCUT2D eigenvalue weighted by molar-refractivity contribution is 0.187. The number of nitrogens with zero attached hydrogens (tertiary/aromatic N) is 6. The van der Waals surface area contributed by atoms with Crippen LogP contribution >= 0.6 is 0 Å². The smallest absolute Gasteiger partial charge is 0.255 e. The number of hydrogen-bond acceptors (Lipinski definition) is 7. The molecule has 4 aromatic rings. The number of aromatic amines is 1. The van der Waals surface area contributed by atoms with Crippen LogP contribution in [0.2, 0.25) is 0 Å². The summed E-state index contributed by atoms with van der Waals surface area (Å²) >= 11 is 0. The Bertz CT molecular complexity index is 1630. The average Bonchev–Trinajstić information content (AvgIpc) is 3.44. The average molecular weight is 515 g/mol. The van der Waals surface area contributed by atoms with Crippen LogP contribution in [0, 0.1) is 18.2 Å². The van der Waals surface area contributed by atoms with Crippen molar-refractivity contribution in [3.63, 3.8) is 0 Å². The van der Waals surface area contributed by atoms with Gasteiger partial charge in [0.1, 0.15) is 5.82 Å². The van der Waals surface area contributed by atoms with E-state index in [9.17, 15) is 9.18 Å². The maximum absolute atomic E-state index is 13.9. The summed E-state index contributed by atoms with van der Waals surface area (Å²) in [5, 5.41) is 7.69. The first-order valence-electron chi connectivity index (χ1n) is 13.3. The zero-order valence-corrected chi connectivity index (χ0v) is 21.7. The highest BCUT2D eigenvalue weighted by Crippen LogP contribution is 2.51. The van der Waals surface area contributed by atoms with Crippen molar-refractivity contribution in [1.29, 1.82) is 0 Å². The Balaban J connectivity index is 1.16. The lowest BCUT2D eigenvalue weighted by atomic mass is 9.73. The maximum atomic E-state index is 13.9. The molecule has 3 N–H and O–H groups in total. The number of aromatic nitrogens is 5. The van der Waals surface area contributed by atoms with E-state index in [1.807, 2.05) is 19.1 Å². The highest BCUT2D eigenvalue weighted by Gasteiger charge is 2.46. The molecule has 1 atom stereocenters. The summed E-state index contributed by atoms with van der Waals surface area (Å²) in [7, 11) is 1.78. The molecule has 1 spiro atoms. The number of pyridine rings is 1. The van der Waals surface area contributed by atoms with Gasteiger partial charge in [-0.2, -0.15) is 5.10 Å². The quantitative estimate of drug-likeness (QED) is 0.422. The van der Waals surface area contributed by atoms with E-state index >= 15 is 0 Å². The van der Waals surface area contributed by atoms with Crippen LogP contribution in [0.4, 0.5) is 21.7 Å². The Morgan fingerprint density at radius 3 is 2.76 bits per heavy atom. The van der Waals surface area contributed by atoms with Crippen molar-refractivity contribution in [3.05, 3.63) is 69.0 Å². The molecule has 1 fully saturated rings. The van der Waals surface area contributed by atoms with E-state index in [0.29, 0.717) is 17.0 Å². The van der Waals surface area contributed by atoms with Gasteiger partial charge in [0.15, 0.2) is 22.8 Å². The molecule has 196 valence electrons. The molecular formula is C28H31FN8O. The van der Waals surface area contributed by atoms with Gasteiger partial charge in [-0.05, 0) is 73.8 Å². The minimum Gasteiger partial charge on any atom is -0.355 e. The van der Waals surface area contributed by atoms with Gasteiger partial charge in [-0.1, -0.05) is 6.07 Å². The molecule has 5 heterocycles. The normalized spacial score (nSPS) is 20.3. The third kappa shape index (κ3) is 3.39. The van der Waals surface area contributed by atoms with Crippen LogP contribution in [0.25, 0.3) is 11.2 Å². The van der Waals surface area contributed by atoms with Crippen LogP contribution in [-0.2, 0) is 19.9 Å². The number of anilines is 3. The number of piperidine rings is 1. The second-order valence-corrected chi connectivity index (χ2v) is 11.1. The van der Waals surface area contributed by atoms with Crippen molar-refractivity contribution in [1.82, 2.24) is 24.7 Å². The Morgan fingerprint density at radius 1 is 1.13 bits per heavy atom. The highest BCUT2D eigenvalue weighted by molar-refractivity contribution is 5.88. The van der Waals surface area contributed by atoms with Crippen molar-refractivity contribution in [2.45, 2.75) is 45.1 Å². The standard InChI is InChI=1S/C28H31FN8O/c1-16-25(36-12-8-28(9-13-36)15-17-5-6-18(29)14-20(17)23(28)30)32-24-22(31-16)26(34-33-24)37-10-3-4-19-21(37)7-11-35(2)27(19)38/h5-7,11,14,23H,3-4,8-10,12-13,15,30H2,1-2H3,(H,32,33,34)/t23-/m1/s1. The molecule has 1 aromatic carbocycles. The number of rotatable bonds is 2. The summed E-state index contributed by atoms with van der Waals surface area (Å²) in [5.41, 5.74) is 12.7. The van der Waals surface area contributed by atoms with E-state index < -0.39 is 0 Å². The molecule has 9 nitrogen and oxygen atoms in total. The van der Waals surface area contributed by atoms with Crippen molar-refractivity contribution in [2.24, 2.45) is 18.2 Å². The summed E-state index contributed by atoms with van der Waals surface area (Å²) in [5.74, 6) is 1.34. The Kier molecular flexibility index (Phi) is 5.13. The third-order valence-electron chi connectivity index (χ3n) is 8.93. The van der Waals surface area contributed by atoms with Gasteiger partial charge in [0.25, 0.3) is 5.56 Å². The molecule has 0 bridgehead atoms. The number of fused-ring (bicyclic) bond motifs is 3. The maximum Gasteiger partial charge on any atom is 0.255 e. The van der Waals surface area contributed by atoms with Crippen LogP contribution in [0.3, 0.4) is 0 Å². The van der Waals surface area contributed by atoms with Gasteiger partial charge in [-0.25, -0.2) is 14.4 Å². The van der Waals surface area contributed by atoms with Crippen LogP contribution in [-0.4, -0.2) is 44.4 Å². The van der Waals surface area contributed by atoms with E-state index in [4.69, 9.17) is 15.7 Å². The van der Waals surface area contributed by atoms with Gasteiger partial charge < -0.3 is 20.1 Å². The van der Waals surface area contributed by atoms with Gasteiger partial charge in [-0.15, -0.1) is 0 Å². The number of hydrogen-bond donors (Lipinski definition) is 2. The number of aryl methyl sites for hydroxylation is 2. The molecular weight excluding hydrogens is 483 g/mol. The van der Waals surface area contributed by atoms with E-state index in [-0.39, 0.29) is 22.8 Å². The topological polar surface area (TPSA) is 109 Å². The number of benzene rings is 1. The van der Waals surface area contributed by atoms with Crippen LogP contribution in [0.5, 0.6) is 0 Å². The molecule has 1 aliphatic carbocycles. The monoisotopic (exact) mass is 514 g/mol. The van der Waals surface area contributed by atoms with Crippen molar-refractivity contribution in [3.8, 4) is 0 Å². The van der Waals surface area contributed by atoms with Crippen LogP contribution in [0.1, 0.15) is 47.7 Å². The first kappa shape index (κ1) is 23.3. The lowest BCUT2D eigenvalue weighted by Gasteiger charge is -2.42. The molecule has 2 aliphatic heterocycles. The van der Waals surface area contributed by atoms with Crippen molar-refractivity contribution >= 4 is 28.5 Å². The lowest BCUT2D eigenvalue weighted by Crippen LogP contribution is -2.44. The van der Waals surface area contributed by atoms with Gasteiger partial charge in [-0.3, -0.25) is 9.89 Å². The van der Waals surface area contributed by atoms with Gasteiger partial charge in [0.2, 0.25) is 0 Å². The summed E-state index contributed by atoms with van der Waals surface area (Å²) in [6, 6.07) is 6.87. The Morgan fingerprint density at radius 2 is 1.95 bits per heavy atom. The first-order chi connectivity index (χ1) is 18.3. The molecule has 0 radical (unpaired) electrons. The van der Waals surface area contributed by atoms with Crippen molar-refractivity contribution in [2.75, 3.05) is 29.4 Å². The molecule has 10 heteroatoms. The Labute approximate surface area is 219 Å². The summed E-state index contributed by atoms with van der Waals surface area (Å²) < 4.78 is 15.5. The zero-order valence-electron chi connectivity index (χ0n) is 21.7. The van der Waals surface area contributed by atoms with Gasteiger partial charge in [0, 0.05) is 44.5 Å². The molecule has 1 saturated heterocycles. The summed E-state index contributed by atoms with van der Waals surface area (Å²) in [6.07, 6.45) is 6.16. The fourth-order valence-electron chi connectivity index (χ4n) is 6.79. The van der Waals surface area contributed by atoms with E-state index in [1.165, 1.54) is 11.6 Å². The summed E-state index contributed by atoms with van der Waals surface area (Å²) in [6.45, 7) is 4.39. The number of halogens is 1. The van der Waals surface area contributed by atoms with Crippen LogP contribution in [0.15, 0.2) is 35.3 Å². The van der Waals surface area contributed by atoms with Crippen molar-refractivity contribution < 1.29 is 4.39 Å². The molecule has 0 unspecified atom stereocenters. The van der Waals surface area contributed by atoms with E-state index in [2.05, 4.69) is 20.0 Å². The number of nitrogens with one attached hydrogen (secondary N) is 1. The second-order valence-electron chi connectivity index (χ2n) is 11.1.